The molecule has 0 spiro atoms. The van der Waals surface area contributed by atoms with Gasteiger partial charge in [0.2, 0.25) is 0 Å². The Bertz CT molecular complexity index is 1570. The van der Waals surface area contributed by atoms with Crippen molar-refractivity contribution < 1.29 is 19.2 Å². The number of amides is 4. The van der Waals surface area contributed by atoms with Crippen LogP contribution >= 0.6 is 0 Å². The number of nitrogens with zero attached hydrogens (tertiary/aromatic N) is 4. The van der Waals surface area contributed by atoms with Gasteiger partial charge in [0.15, 0.2) is 5.69 Å². The van der Waals surface area contributed by atoms with E-state index in [4.69, 9.17) is 11.8 Å². The lowest BCUT2D eigenvalue weighted by atomic mass is 9.85. The quantitative estimate of drug-likeness (QED) is 0.309. The van der Waals surface area contributed by atoms with Crippen LogP contribution in [0.1, 0.15) is 47.0 Å². The van der Waals surface area contributed by atoms with Crippen molar-refractivity contribution in [3.63, 3.8) is 0 Å². The Morgan fingerprint density at radius 3 is 1.28 bits per heavy atom. The lowest BCUT2D eigenvalue weighted by Gasteiger charge is -2.32. The third-order valence-corrected chi connectivity index (χ3v) is 6.39. The van der Waals surface area contributed by atoms with E-state index < -0.39 is 23.6 Å². The number of imide groups is 2. The Balaban J connectivity index is 1.52. The highest BCUT2D eigenvalue weighted by molar-refractivity contribution is 6.42. The van der Waals surface area contributed by atoms with Gasteiger partial charge in [-0.3, -0.25) is 19.2 Å². The summed E-state index contributed by atoms with van der Waals surface area (Å²) in [5, 5.41) is 9.59. The van der Waals surface area contributed by atoms with Gasteiger partial charge >= 0.3 is 0 Å². The number of hydrogen-bond donors (Lipinski definition) is 0. The van der Waals surface area contributed by atoms with E-state index in [2.05, 4.69) is 4.85 Å². The van der Waals surface area contributed by atoms with E-state index >= 15 is 0 Å². The van der Waals surface area contributed by atoms with Gasteiger partial charge in [0.25, 0.3) is 23.6 Å². The molecule has 4 aromatic rings. The molecule has 168 valence electrons. The Labute approximate surface area is 204 Å². The zero-order valence-corrected chi connectivity index (χ0v) is 18.4. The van der Waals surface area contributed by atoms with E-state index in [0.29, 0.717) is 22.6 Å². The van der Waals surface area contributed by atoms with Gasteiger partial charge in [-0.2, -0.15) is 5.26 Å². The third kappa shape index (κ3) is 2.73. The first kappa shape index (κ1) is 21.0. The molecule has 0 aromatic heterocycles. The average Bonchev–Trinajstić information content (AvgIpc) is 2.91. The molecule has 2 aliphatic rings. The van der Waals surface area contributed by atoms with Gasteiger partial charge in [-0.1, -0.05) is 12.1 Å². The van der Waals surface area contributed by atoms with Crippen LogP contribution in [0.4, 0.5) is 17.1 Å². The summed E-state index contributed by atoms with van der Waals surface area (Å²) in [6.07, 6.45) is 0. The second-order valence-electron chi connectivity index (χ2n) is 8.25. The maximum absolute atomic E-state index is 13.4. The minimum absolute atomic E-state index is 0.199. The minimum Gasteiger partial charge on any atom is -0.268 e. The molecular formula is C28H12N4O4. The van der Waals surface area contributed by atoms with Gasteiger partial charge in [0, 0.05) is 38.7 Å². The van der Waals surface area contributed by atoms with Crippen LogP contribution in [-0.4, -0.2) is 23.6 Å². The van der Waals surface area contributed by atoms with E-state index in [1.165, 1.54) is 72.8 Å². The molecule has 8 nitrogen and oxygen atoms in total. The molecule has 36 heavy (non-hydrogen) atoms. The van der Waals surface area contributed by atoms with Gasteiger partial charge in [-0.15, -0.1) is 0 Å². The standard InChI is InChI=1S/C28H12N4O4/c1-30-16-4-8-18(9-5-16)32-27(35)21-12-10-19-23-20(11-13-22(24(21)23)28(32)36)26(34)31(25(19)33)17-6-2-15(14-29)3-7-17/h2-13H. The van der Waals surface area contributed by atoms with Gasteiger partial charge in [0.1, 0.15) is 0 Å². The van der Waals surface area contributed by atoms with Crippen LogP contribution in [-0.2, 0) is 0 Å². The second kappa shape index (κ2) is 7.45. The smallest absolute Gasteiger partial charge is 0.265 e. The first-order chi connectivity index (χ1) is 17.4. The molecule has 0 N–H and O–H groups in total. The molecule has 2 heterocycles. The number of nitriles is 1. The molecule has 0 fully saturated rings. The Hall–Kier alpha value is -5.60. The summed E-state index contributed by atoms with van der Waals surface area (Å²) >= 11 is 0. The van der Waals surface area contributed by atoms with Gasteiger partial charge in [-0.25, -0.2) is 14.6 Å². The number of benzene rings is 4. The highest BCUT2D eigenvalue weighted by atomic mass is 16.2. The van der Waals surface area contributed by atoms with Crippen LogP contribution in [0.25, 0.3) is 15.6 Å². The summed E-state index contributed by atoms with van der Waals surface area (Å²) in [5.74, 6) is -2.33. The zero-order valence-electron chi connectivity index (χ0n) is 18.4. The summed E-state index contributed by atoms with van der Waals surface area (Å²) < 4.78 is 0. The molecule has 4 amide bonds. The third-order valence-electron chi connectivity index (χ3n) is 6.39. The summed E-state index contributed by atoms with van der Waals surface area (Å²) in [6.45, 7) is 7.10. The highest BCUT2D eigenvalue weighted by Gasteiger charge is 2.40. The van der Waals surface area contributed by atoms with E-state index in [-0.39, 0.29) is 33.0 Å². The van der Waals surface area contributed by atoms with Crippen LogP contribution in [0.3, 0.4) is 0 Å². The molecule has 0 radical (unpaired) electrons. The molecular weight excluding hydrogens is 456 g/mol. The van der Waals surface area contributed by atoms with Crippen molar-refractivity contribution in [2.45, 2.75) is 0 Å². The SMILES string of the molecule is [C-]#[N+]c1ccc(N2C(=O)c3ccc4c5c(ccc(c35)C2=O)C(=O)N(c2ccc(C#N)cc2)C4=O)cc1. The number of anilines is 2. The Kier molecular flexibility index (Phi) is 4.34. The van der Waals surface area contributed by atoms with Crippen molar-refractivity contribution in [2.24, 2.45) is 0 Å². The molecule has 0 aliphatic carbocycles. The summed E-state index contributed by atoms with van der Waals surface area (Å²) in [7, 11) is 0. The highest BCUT2D eigenvalue weighted by Crippen LogP contribution is 2.40. The fourth-order valence-corrected chi connectivity index (χ4v) is 4.70. The fraction of sp³-hybridized carbons (Fsp3) is 0. The summed E-state index contributed by atoms with van der Waals surface area (Å²) in [6, 6.07) is 20.1. The largest absolute Gasteiger partial charge is 0.268 e. The monoisotopic (exact) mass is 468 g/mol. The molecule has 0 unspecified atom stereocenters. The van der Waals surface area contributed by atoms with Crippen molar-refractivity contribution in [3.8, 4) is 6.07 Å². The predicted molar refractivity (Wildman–Crippen MR) is 130 cm³/mol. The van der Waals surface area contributed by atoms with Crippen molar-refractivity contribution in [1.29, 1.82) is 5.26 Å². The Morgan fingerprint density at radius 2 is 0.944 bits per heavy atom. The van der Waals surface area contributed by atoms with Gasteiger partial charge in [0.05, 0.1) is 23.9 Å². The van der Waals surface area contributed by atoms with Crippen molar-refractivity contribution in [2.75, 3.05) is 9.80 Å². The summed E-state index contributed by atoms with van der Waals surface area (Å²) in [5.41, 5.74) is 2.19. The van der Waals surface area contributed by atoms with Gasteiger partial charge < -0.3 is 0 Å². The maximum atomic E-state index is 13.4. The first-order valence-electron chi connectivity index (χ1n) is 10.8. The number of carbonyl (C=O) groups is 4. The van der Waals surface area contributed by atoms with Crippen LogP contribution in [0.2, 0.25) is 0 Å². The zero-order chi connectivity index (χ0) is 25.1. The molecule has 0 saturated carbocycles. The van der Waals surface area contributed by atoms with Crippen LogP contribution in [0.5, 0.6) is 0 Å². The number of rotatable bonds is 2. The molecule has 8 heteroatoms. The predicted octanol–water partition coefficient (Wildman–Crippen LogP) is 4.86. The van der Waals surface area contributed by atoms with E-state index in [0.717, 1.165) is 9.80 Å². The van der Waals surface area contributed by atoms with E-state index in [1.807, 2.05) is 6.07 Å². The average molecular weight is 468 g/mol. The van der Waals surface area contributed by atoms with E-state index in [9.17, 15) is 19.2 Å². The molecule has 2 aliphatic heterocycles. The Morgan fingerprint density at radius 1 is 0.583 bits per heavy atom. The minimum atomic E-state index is -0.585. The maximum Gasteiger partial charge on any atom is 0.265 e. The lowest BCUT2D eigenvalue weighted by molar-refractivity contribution is 0.0873. The van der Waals surface area contributed by atoms with Crippen molar-refractivity contribution in [3.05, 3.63) is 112 Å². The van der Waals surface area contributed by atoms with Crippen LogP contribution in [0.15, 0.2) is 72.8 Å². The van der Waals surface area contributed by atoms with Crippen molar-refractivity contribution in [1.82, 2.24) is 0 Å². The van der Waals surface area contributed by atoms with Crippen LogP contribution < -0.4 is 9.80 Å². The van der Waals surface area contributed by atoms with Gasteiger partial charge in [-0.05, 0) is 60.7 Å². The van der Waals surface area contributed by atoms with E-state index in [1.54, 1.807) is 0 Å². The normalized spacial score (nSPS) is 14.2. The second-order valence-corrected chi connectivity index (χ2v) is 8.25. The molecule has 0 bridgehead atoms. The molecule has 0 atom stereocenters. The first-order valence-corrected chi connectivity index (χ1v) is 10.8. The molecule has 4 aromatic carbocycles. The topological polar surface area (TPSA) is 103 Å². The fourth-order valence-electron chi connectivity index (χ4n) is 4.70. The lowest BCUT2D eigenvalue weighted by Crippen LogP contribution is -2.43. The molecule has 6 rings (SSSR count). The number of hydrogen-bond acceptors (Lipinski definition) is 5. The summed E-state index contributed by atoms with van der Waals surface area (Å²) in [4.78, 5) is 59.2. The number of carbonyl (C=O) groups excluding carboxylic acids is 4. The molecule has 0 saturated heterocycles. The van der Waals surface area contributed by atoms with Crippen LogP contribution in [0, 0.1) is 17.9 Å². The van der Waals surface area contributed by atoms with Crippen molar-refractivity contribution >= 4 is 51.5 Å².